The summed E-state index contributed by atoms with van der Waals surface area (Å²) in [7, 11) is -3.78. The van der Waals surface area contributed by atoms with E-state index in [9.17, 15) is 13.2 Å². The lowest BCUT2D eigenvalue weighted by Gasteiger charge is -2.11. The first-order valence-corrected chi connectivity index (χ1v) is 10.3. The predicted molar refractivity (Wildman–Crippen MR) is 107 cm³/mol. The summed E-state index contributed by atoms with van der Waals surface area (Å²) in [5.41, 5.74) is 1.79. The Balaban J connectivity index is 1.92. The standard InChI is InChI=1S/C20H26N2O4S/c1-14(2)16-5-7-17(8-6-16)22-20(23)13-21-27(24,25)19-11-9-18(10-12-19)26-15(3)4/h5-12,14-15,21H,13H2,1-4H3,(H,22,23). The second-order valence-corrected chi connectivity index (χ2v) is 8.55. The zero-order chi connectivity index (χ0) is 20.0. The summed E-state index contributed by atoms with van der Waals surface area (Å²) in [6.45, 7) is 7.61. The summed E-state index contributed by atoms with van der Waals surface area (Å²) in [6, 6.07) is 13.5. The monoisotopic (exact) mass is 390 g/mol. The summed E-state index contributed by atoms with van der Waals surface area (Å²) in [4.78, 5) is 12.1. The van der Waals surface area contributed by atoms with Crippen LogP contribution in [-0.2, 0) is 14.8 Å². The first-order valence-electron chi connectivity index (χ1n) is 8.83. The van der Waals surface area contributed by atoms with E-state index in [0.29, 0.717) is 17.4 Å². The van der Waals surface area contributed by atoms with Gasteiger partial charge in [-0.25, -0.2) is 13.1 Å². The second kappa shape index (κ2) is 9.01. The number of nitrogens with one attached hydrogen (secondary N) is 2. The average Bonchev–Trinajstić information content (AvgIpc) is 2.60. The van der Waals surface area contributed by atoms with Gasteiger partial charge in [-0.3, -0.25) is 4.79 Å². The SMILES string of the molecule is CC(C)Oc1ccc(S(=O)(=O)NCC(=O)Nc2ccc(C(C)C)cc2)cc1. The van der Waals surface area contributed by atoms with E-state index >= 15 is 0 Å². The smallest absolute Gasteiger partial charge is 0.241 e. The number of amides is 1. The molecule has 0 radical (unpaired) electrons. The molecule has 0 aliphatic rings. The van der Waals surface area contributed by atoms with E-state index in [0.717, 1.165) is 0 Å². The van der Waals surface area contributed by atoms with Crippen LogP contribution in [0.1, 0.15) is 39.2 Å². The van der Waals surface area contributed by atoms with Crippen LogP contribution in [0.3, 0.4) is 0 Å². The minimum atomic E-state index is -3.78. The van der Waals surface area contributed by atoms with Crippen LogP contribution in [0.2, 0.25) is 0 Å². The average molecular weight is 391 g/mol. The Morgan fingerprint density at radius 1 is 0.963 bits per heavy atom. The number of sulfonamides is 1. The maximum Gasteiger partial charge on any atom is 0.241 e. The molecule has 0 spiro atoms. The van der Waals surface area contributed by atoms with Crippen molar-refractivity contribution in [2.24, 2.45) is 0 Å². The van der Waals surface area contributed by atoms with Crippen molar-refractivity contribution in [3.63, 3.8) is 0 Å². The van der Waals surface area contributed by atoms with Gasteiger partial charge in [0.15, 0.2) is 0 Å². The van der Waals surface area contributed by atoms with Gasteiger partial charge in [0.05, 0.1) is 17.5 Å². The molecule has 146 valence electrons. The van der Waals surface area contributed by atoms with Gasteiger partial charge >= 0.3 is 0 Å². The van der Waals surface area contributed by atoms with Crippen LogP contribution in [0.4, 0.5) is 5.69 Å². The third kappa shape index (κ3) is 6.37. The van der Waals surface area contributed by atoms with E-state index in [1.54, 1.807) is 24.3 Å². The lowest BCUT2D eigenvalue weighted by atomic mass is 10.0. The van der Waals surface area contributed by atoms with Crippen LogP contribution in [0, 0.1) is 0 Å². The Morgan fingerprint density at radius 2 is 1.56 bits per heavy atom. The summed E-state index contributed by atoms with van der Waals surface area (Å²) < 4.78 is 32.4. The molecule has 2 aromatic carbocycles. The molecule has 2 aromatic rings. The van der Waals surface area contributed by atoms with Crippen LogP contribution in [0.15, 0.2) is 53.4 Å². The Labute approximate surface area is 161 Å². The number of carbonyl (C=O) groups excluding carboxylic acids is 1. The minimum Gasteiger partial charge on any atom is -0.491 e. The summed E-state index contributed by atoms with van der Waals surface area (Å²) >= 11 is 0. The zero-order valence-corrected chi connectivity index (χ0v) is 16.8. The highest BCUT2D eigenvalue weighted by Gasteiger charge is 2.16. The predicted octanol–water partition coefficient (Wildman–Crippen LogP) is 3.51. The fraction of sp³-hybridized carbons (Fsp3) is 0.350. The summed E-state index contributed by atoms with van der Waals surface area (Å²) in [6.07, 6.45) is 0.00359. The highest BCUT2D eigenvalue weighted by molar-refractivity contribution is 7.89. The van der Waals surface area contributed by atoms with Crippen LogP contribution in [0.5, 0.6) is 5.75 Å². The Morgan fingerprint density at radius 3 is 2.07 bits per heavy atom. The topological polar surface area (TPSA) is 84.5 Å². The first kappa shape index (κ1) is 20.9. The van der Waals surface area contributed by atoms with E-state index in [1.165, 1.54) is 17.7 Å². The number of hydrogen-bond acceptors (Lipinski definition) is 4. The van der Waals surface area contributed by atoms with Gasteiger partial charge in [0, 0.05) is 5.69 Å². The van der Waals surface area contributed by atoms with E-state index in [-0.39, 0.29) is 17.5 Å². The number of anilines is 1. The molecule has 2 N–H and O–H groups in total. The number of hydrogen-bond donors (Lipinski definition) is 2. The lowest BCUT2D eigenvalue weighted by Crippen LogP contribution is -2.32. The van der Waals surface area contributed by atoms with Crippen LogP contribution in [-0.4, -0.2) is 27.0 Å². The normalized spacial score (nSPS) is 11.6. The van der Waals surface area contributed by atoms with Gasteiger partial charge in [0.1, 0.15) is 5.75 Å². The molecule has 0 aliphatic heterocycles. The van der Waals surface area contributed by atoms with Crippen LogP contribution in [0.25, 0.3) is 0 Å². The second-order valence-electron chi connectivity index (χ2n) is 6.79. The molecule has 0 unspecified atom stereocenters. The van der Waals surface area contributed by atoms with Gasteiger partial charge in [-0.15, -0.1) is 0 Å². The zero-order valence-electron chi connectivity index (χ0n) is 16.0. The van der Waals surface area contributed by atoms with Crippen molar-refractivity contribution in [3.8, 4) is 5.75 Å². The molecule has 0 aliphatic carbocycles. The molecule has 7 heteroatoms. The van der Waals surface area contributed by atoms with Gasteiger partial charge in [-0.2, -0.15) is 0 Å². The van der Waals surface area contributed by atoms with Gasteiger partial charge in [0.25, 0.3) is 0 Å². The highest BCUT2D eigenvalue weighted by atomic mass is 32.2. The minimum absolute atomic E-state index is 0.00359. The van der Waals surface area contributed by atoms with Crippen molar-refractivity contribution in [1.29, 1.82) is 0 Å². The molecule has 0 bridgehead atoms. The van der Waals surface area contributed by atoms with Gasteiger partial charge < -0.3 is 10.1 Å². The third-order valence-corrected chi connectivity index (χ3v) is 5.21. The van der Waals surface area contributed by atoms with Gasteiger partial charge in [0.2, 0.25) is 15.9 Å². The third-order valence-electron chi connectivity index (χ3n) is 3.79. The van der Waals surface area contributed by atoms with Crippen molar-refractivity contribution in [1.82, 2.24) is 4.72 Å². The van der Waals surface area contributed by atoms with Gasteiger partial charge in [-0.05, 0) is 61.7 Å². The van der Waals surface area contributed by atoms with Crippen molar-refractivity contribution in [2.45, 2.75) is 44.6 Å². The fourth-order valence-corrected chi connectivity index (χ4v) is 3.35. The quantitative estimate of drug-likeness (QED) is 0.722. The Hall–Kier alpha value is -2.38. The van der Waals surface area contributed by atoms with Crippen molar-refractivity contribution in [2.75, 3.05) is 11.9 Å². The van der Waals surface area contributed by atoms with Crippen LogP contribution >= 0.6 is 0 Å². The maximum absolute atomic E-state index is 12.3. The summed E-state index contributed by atoms with van der Waals surface area (Å²) in [5.74, 6) is 0.557. The molecular weight excluding hydrogens is 364 g/mol. The molecule has 0 atom stereocenters. The first-order chi connectivity index (χ1) is 12.7. The van der Waals surface area contributed by atoms with E-state index < -0.39 is 15.9 Å². The molecule has 2 rings (SSSR count). The van der Waals surface area contributed by atoms with Crippen molar-refractivity contribution >= 4 is 21.6 Å². The molecule has 0 saturated carbocycles. The lowest BCUT2D eigenvalue weighted by molar-refractivity contribution is -0.115. The number of carbonyl (C=O) groups is 1. The van der Waals surface area contributed by atoms with E-state index in [2.05, 4.69) is 23.9 Å². The number of ether oxygens (including phenoxy) is 1. The molecule has 27 heavy (non-hydrogen) atoms. The van der Waals surface area contributed by atoms with Crippen molar-refractivity contribution in [3.05, 3.63) is 54.1 Å². The largest absolute Gasteiger partial charge is 0.491 e. The van der Waals surface area contributed by atoms with E-state index in [4.69, 9.17) is 4.74 Å². The molecule has 0 fully saturated rings. The molecule has 1 amide bonds. The maximum atomic E-state index is 12.3. The number of benzene rings is 2. The van der Waals surface area contributed by atoms with E-state index in [1.807, 2.05) is 26.0 Å². The Kier molecular flexibility index (Phi) is 6.98. The highest BCUT2D eigenvalue weighted by Crippen LogP contribution is 2.18. The molecule has 0 saturated heterocycles. The molecule has 0 heterocycles. The van der Waals surface area contributed by atoms with Crippen molar-refractivity contribution < 1.29 is 17.9 Å². The van der Waals surface area contributed by atoms with Crippen LogP contribution < -0.4 is 14.8 Å². The molecule has 0 aromatic heterocycles. The molecular formula is C20H26N2O4S. The molecule has 6 nitrogen and oxygen atoms in total. The number of rotatable bonds is 8. The Bertz CT molecular complexity index is 858. The summed E-state index contributed by atoms with van der Waals surface area (Å²) in [5, 5.41) is 2.68. The van der Waals surface area contributed by atoms with Gasteiger partial charge in [-0.1, -0.05) is 26.0 Å². The fourth-order valence-electron chi connectivity index (χ4n) is 2.37.